The minimum Gasteiger partial charge on any atom is -0.338 e. The standard InChI is InChI=1S/C18H26F3NOS/c1-12(16-8-11-24-16)13-6-9-22(10-7-13)17(23)14-2-4-15(5-3-14)18(19,20)21/h6,12,14-16H,2-5,7-11H2,1H3. The Hall–Kier alpha value is -0.650. The SMILES string of the molecule is CC(C1=CCN(C(=O)C2CCC(C(F)(F)F)CC2)CC1)C1CCS1. The first kappa shape index (κ1) is 18.2. The number of rotatable bonds is 3. The maximum Gasteiger partial charge on any atom is 0.391 e. The van der Waals surface area contributed by atoms with Gasteiger partial charge in [0, 0.05) is 24.3 Å². The lowest BCUT2D eigenvalue weighted by Gasteiger charge is -2.37. The molecule has 1 saturated carbocycles. The van der Waals surface area contributed by atoms with E-state index in [0.29, 0.717) is 25.3 Å². The molecule has 0 spiro atoms. The van der Waals surface area contributed by atoms with Gasteiger partial charge in [0.2, 0.25) is 5.91 Å². The summed E-state index contributed by atoms with van der Waals surface area (Å²) in [6.45, 7) is 3.64. The molecule has 0 radical (unpaired) electrons. The summed E-state index contributed by atoms with van der Waals surface area (Å²) in [4.78, 5) is 14.4. The molecule has 0 aromatic heterocycles. The Labute approximate surface area is 146 Å². The van der Waals surface area contributed by atoms with Crippen LogP contribution in [0.5, 0.6) is 0 Å². The van der Waals surface area contributed by atoms with Crippen LogP contribution < -0.4 is 0 Å². The van der Waals surface area contributed by atoms with Crippen LogP contribution in [0.3, 0.4) is 0 Å². The highest BCUT2D eigenvalue weighted by Crippen LogP contribution is 2.41. The average Bonchev–Trinajstić information content (AvgIpc) is 2.52. The first-order valence-corrected chi connectivity index (χ1v) is 10.1. The van der Waals surface area contributed by atoms with Crippen molar-refractivity contribution in [2.45, 2.75) is 56.9 Å². The molecule has 2 heterocycles. The maximum atomic E-state index is 12.7. The molecule has 136 valence electrons. The first-order valence-electron chi connectivity index (χ1n) is 9.02. The molecule has 0 bridgehead atoms. The van der Waals surface area contributed by atoms with Crippen molar-refractivity contribution in [1.29, 1.82) is 0 Å². The van der Waals surface area contributed by atoms with Crippen molar-refractivity contribution in [2.75, 3.05) is 18.8 Å². The fourth-order valence-corrected chi connectivity index (χ4v) is 5.08. The molecule has 0 aromatic rings. The number of carbonyl (C=O) groups excluding carboxylic acids is 1. The van der Waals surface area contributed by atoms with Gasteiger partial charge in [-0.3, -0.25) is 4.79 Å². The molecule has 1 saturated heterocycles. The Morgan fingerprint density at radius 2 is 1.92 bits per heavy atom. The Kier molecular flexibility index (Phi) is 5.52. The first-order chi connectivity index (χ1) is 11.4. The van der Waals surface area contributed by atoms with Crippen molar-refractivity contribution in [3.63, 3.8) is 0 Å². The number of nitrogens with zero attached hydrogens (tertiary/aromatic N) is 1. The molecule has 1 amide bonds. The number of amides is 1. The molecule has 6 heteroatoms. The van der Waals surface area contributed by atoms with Crippen molar-refractivity contribution in [2.24, 2.45) is 17.8 Å². The van der Waals surface area contributed by atoms with Gasteiger partial charge in [0.05, 0.1) is 5.92 Å². The molecule has 2 aliphatic heterocycles. The Morgan fingerprint density at radius 1 is 1.25 bits per heavy atom. The van der Waals surface area contributed by atoms with Crippen LogP contribution in [-0.2, 0) is 4.79 Å². The van der Waals surface area contributed by atoms with Gasteiger partial charge in [0.15, 0.2) is 0 Å². The summed E-state index contributed by atoms with van der Waals surface area (Å²) in [5.41, 5.74) is 1.46. The van der Waals surface area contributed by atoms with Crippen LogP contribution in [0.1, 0.15) is 45.4 Å². The third-order valence-corrected chi connectivity index (χ3v) is 7.52. The number of thioether (sulfide) groups is 1. The lowest BCUT2D eigenvalue weighted by molar-refractivity contribution is -0.185. The predicted octanol–water partition coefficient (Wildman–Crippen LogP) is 4.66. The van der Waals surface area contributed by atoms with Gasteiger partial charge in [-0.05, 0) is 50.2 Å². The van der Waals surface area contributed by atoms with Gasteiger partial charge in [-0.2, -0.15) is 24.9 Å². The number of hydrogen-bond donors (Lipinski definition) is 0. The highest BCUT2D eigenvalue weighted by atomic mass is 32.2. The topological polar surface area (TPSA) is 20.3 Å². The second-order valence-electron chi connectivity index (χ2n) is 7.39. The molecule has 24 heavy (non-hydrogen) atoms. The van der Waals surface area contributed by atoms with E-state index in [4.69, 9.17) is 0 Å². The molecule has 2 nitrogen and oxygen atoms in total. The molecule has 2 atom stereocenters. The minimum absolute atomic E-state index is 0.0663. The van der Waals surface area contributed by atoms with Gasteiger partial charge in [0.25, 0.3) is 0 Å². The molecule has 0 N–H and O–H groups in total. The van der Waals surface area contributed by atoms with E-state index in [1.807, 2.05) is 16.7 Å². The van der Waals surface area contributed by atoms with Crippen LogP contribution >= 0.6 is 11.8 Å². The van der Waals surface area contributed by atoms with Gasteiger partial charge in [-0.1, -0.05) is 18.6 Å². The second-order valence-corrected chi connectivity index (χ2v) is 8.74. The molecule has 3 rings (SSSR count). The van der Waals surface area contributed by atoms with E-state index in [1.54, 1.807) is 0 Å². The molecule has 2 unspecified atom stereocenters. The molecular weight excluding hydrogens is 335 g/mol. The van der Waals surface area contributed by atoms with Gasteiger partial charge in [-0.25, -0.2) is 0 Å². The van der Waals surface area contributed by atoms with Gasteiger partial charge in [-0.15, -0.1) is 0 Å². The number of hydrogen-bond acceptors (Lipinski definition) is 2. The highest BCUT2D eigenvalue weighted by molar-refractivity contribution is 8.01. The lowest BCUT2D eigenvalue weighted by Crippen LogP contribution is -2.42. The van der Waals surface area contributed by atoms with Crippen molar-refractivity contribution in [3.8, 4) is 0 Å². The number of carbonyl (C=O) groups is 1. The van der Waals surface area contributed by atoms with Crippen LogP contribution in [-0.4, -0.2) is 41.1 Å². The molecule has 1 aliphatic carbocycles. The largest absolute Gasteiger partial charge is 0.391 e. The molecular formula is C18H26F3NOS. The Balaban J connectivity index is 1.49. The summed E-state index contributed by atoms with van der Waals surface area (Å²) in [6, 6.07) is 0. The summed E-state index contributed by atoms with van der Waals surface area (Å²) in [7, 11) is 0. The maximum absolute atomic E-state index is 12.7. The molecule has 0 aromatic carbocycles. The van der Waals surface area contributed by atoms with Crippen LogP contribution in [0.15, 0.2) is 11.6 Å². The quantitative estimate of drug-likeness (QED) is 0.682. The van der Waals surface area contributed by atoms with Gasteiger partial charge in [0.1, 0.15) is 0 Å². The van der Waals surface area contributed by atoms with Gasteiger partial charge < -0.3 is 4.90 Å². The van der Waals surface area contributed by atoms with Crippen LogP contribution in [0.4, 0.5) is 13.2 Å². The number of alkyl halides is 3. The van der Waals surface area contributed by atoms with E-state index in [1.165, 1.54) is 17.7 Å². The summed E-state index contributed by atoms with van der Waals surface area (Å²) < 4.78 is 38.2. The monoisotopic (exact) mass is 361 g/mol. The van der Waals surface area contributed by atoms with E-state index in [-0.39, 0.29) is 24.7 Å². The zero-order valence-electron chi connectivity index (χ0n) is 14.1. The Morgan fingerprint density at radius 3 is 2.38 bits per heavy atom. The van der Waals surface area contributed by atoms with Crippen LogP contribution in [0.2, 0.25) is 0 Å². The van der Waals surface area contributed by atoms with E-state index in [2.05, 4.69) is 13.0 Å². The normalized spacial score (nSPS) is 32.8. The van der Waals surface area contributed by atoms with Gasteiger partial charge >= 0.3 is 6.18 Å². The summed E-state index contributed by atoms with van der Waals surface area (Å²) in [5, 5.41) is 0.733. The molecule has 3 aliphatic rings. The molecule has 2 fully saturated rings. The van der Waals surface area contributed by atoms with Crippen LogP contribution in [0.25, 0.3) is 0 Å². The lowest BCUT2D eigenvalue weighted by atomic mass is 9.80. The summed E-state index contributed by atoms with van der Waals surface area (Å²) in [6.07, 6.45) is 1.25. The minimum atomic E-state index is -4.10. The Bertz CT molecular complexity index is 493. The van der Waals surface area contributed by atoms with Crippen LogP contribution in [0, 0.1) is 17.8 Å². The summed E-state index contributed by atoms with van der Waals surface area (Å²) in [5.74, 6) is 0.487. The van der Waals surface area contributed by atoms with E-state index in [9.17, 15) is 18.0 Å². The fourth-order valence-electron chi connectivity index (χ4n) is 4.11. The van der Waals surface area contributed by atoms with E-state index in [0.717, 1.165) is 18.2 Å². The predicted molar refractivity (Wildman–Crippen MR) is 90.8 cm³/mol. The zero-order chi connectivity index (χ0) is 17.3. The van der Waals surface area contributed by atoms with Crippen molar-refractivity contribution >= 4 is 17.7 Å². The number of halogens is 3. The third kappa shape index (κ3) is 3.94. The second kappa shape index (κ2) is 7.30. The highest BCUT2D eigenvalue weighted by Gasteiger charge is 2.43. The fraction of sp³-hybridized carbons (Fsp3) is 0.833. The van der Waals surface area contributed by atoms with Crippen molar-refractivity contribution < 1.29 is 18.0 Å². The van der Waals surface area contributed by atoms with E-state index < -0.39 is 12.1 Å². The summed E-state index contributed by atoms with van der Waals surface area (Å²) >= 11 is 2.03. The third-order valence-electron chi connectivity index (χ3n) is 5.97. The van der Waals surface area contributed by atoms with Crippen molar-refractivity contribution in [1.82, 2.24) is 4.90 Å². The van der Waals surface area contributed by atoms with Crippen molar-refractivity contribution in [3.05, 3.63) is 11.6 Å². The smallest absolute Gasteiger partial charge is 0.338 e. The van der Waals surface area contributed by atoms with E-state index >= 15 is 0 Å². The zero-order valence-corrected chi connectivity index (χ0v) is 15.0. The average molecular weight is 361 g/mol.